The highest BCUT2D eigenvalue weighted by Gasteiger charge is 2.53. The van der Waals surface area contributed by atoms with Crippen molar-refractivity contribution in [3.05, 3.63) is 404 Å². The number of phenols is 2. The second-order valence-electron chi connectivity index (χ2n) is 35.9. The molecule has 16 heteroatoms. The van der Waals surface area contributed by atoms with Crippen molar-refractivity contribution in [3.8, 4) is 34.5 Å². The molecule has 0 aliphatic carbocycles. The van der Waals surface area contributed by atoms with E-state index >= 15 is 0 Å². The third-order valence-electron chi connectivity index (χ3n) is 24.1. The number of anilines is 2. The Balaban J connectivity index is 0.000000240. The highest BCUT2D eigenvalue weighted by molar-refractivity contribution is 7.15. The van der Waals surface area contributed by atoms with E-state index in [2.05, 4.69) is 297 Å². The van der Waals surface area contributed by atoms with Crippen LogP contribution < -0.4 is 53.6 Å². The summed E-state index contributed by atoms with van der Waals surface area (Å²) in [6.07, 6.45) is 20.9. The Hall–Kier alpha value is -12.4. The third-order valence-corrected chi connectivity index (χ3v) is 36.0. The first kappa shape index (κ1) is 100. The summed E-state index contributed by atoms with van der Waals surface area (Å²) in [6, 6.07) is 116. The molecule has 684 valence electrons. The Kier molecular flexibility index (Phi) is 37.7. The molecule has 0 spiro atoms. The van der Waals surface area contributed by atoms with E-state index < -0.39 is 16.6 Å². The summed E-state index contributed by atoms with van der Waals surface area (Å²) in [4.78, 5) is 30.6. The van der Waals surface area contributed by atoms with Crippen molar-refractivity contribution in [2.45, 2.75) is 170 Å². The fourth-order valence-corrected chi connectivity index (χ4v) is 27.3. The van der Waals surface area contributed by atoms with Crippen molar-refractivity contribution in [2.75, 3.05) is 36.0 Å². The number of thiophene rings is 2. The van der Waals surface area contributed by atoms with Gasteiger partial charge in [0.25, 0.3) is 0 Å². The van der Waals surface area contributed by atoms with Gasteiger partial charge in [0.15, 0.2) is 12.6 Å². The number of ether oxygens (including phenoxy) is 2. The van der Waals surface area contributed by atoms with Crippen LogP contribution in [0.25, 0.3) is 24.3 Å². The number of nitrogens with zero attached hydrogens (tertiary/aromatic N) is 3. The smallest absolute Gasteiger partial charge is 0.319 e. The molecule has 0 saturated heterocycles. The summed E-state index contributed by atoms with van der Waals surface area (Å²) < 4.78 is 29.3. The normalized spacial score (nSPS) is 11.7. The lowest BCUT2D eigenvalue weighted by molar-refractivity contribution is -0.929. The van der Waals surface area contributed by atoms with Gasteiger partial charge < -0.3 is 47.5 Å². The molecule has 14 rings (SSSR count). The van der Waals surface area contributed by atoms with Crippen molar-refractivity contribution in [1.82, 2.24) is 0 Å². The number of benzene rings is 12. The van der Waals surface area contributed by atoms with E-state index in [1.165, 1.54) is 125 Å². The van der Waals surface area contributed by atoms with Crippen molar-refractivity contribution < 1.29 is 47.3 Å². The monoisotopic (exact) mass is 1830 g/mol. The average molecular weight is 1830 g/mol. The van der Waals surface area contributed by atoms with Gasteiger partial charge in [0, 0.05) is 70.6 Å². The maximum Gasteiger partial charge on any atom is 0.319 e. The van der Waals surface area contributed by atoms with Gasteiger partial charge >= 0.3 is 16.6 Å². The standard InChI is InChI=1S/C66H65NO4SSi2.C34H29NO4S.C16H36N.FH/c1-65(2,3)73(60-24-14-8-15-25-60,61-26-16-9-17-27-61)70-56-39-32-51(33-40-56)47-67(55-38-36-54(37-43-58-44-45-59(49-68)72-58)64(46-55)69-50-53-22-12-7-13-23-53)48-52-34-41-57(42-35-52)71-74(66(4,5)6,62-28-18-10-19-29-62)63-30-20-11-21-31-63;36-23-33-19-18-32(40-33)17-11-28-10-12-29(20-34(28)39-24-27-4-2-1-3-5-27)35(21-25-6-13-30(37)14-7-25)22-26-8-15-31(38)16-9-26;1-5-9-13-17(14-10-6-2,15-11-7-3)16-12-8-4;/h7-46,49H,47-48,50H2,1-6H3;1-20,23,37-38H,21-22,24H2;5-16H2,1-4H3;1H/q;;+1;/p-1/b43-37+;17-11+;;. The molecule has 0 atom stereocenters. The molecular formula is C116H130FN3O8S2Si2. The number of aromatic hydroxyl groups is 2. The van der Waals surface area contributed by atoms with Gasteiger partial charge in [0.1, 0.15) is 47.7 Å². The van der Waals surface area contributed by atoms with Crippen LogP contribution in [-0.2, 0) is 39.4 Å². The maximum absolute atomic E-state index is 11.5. The molecule has 0 aliphatic heterocycles. The van der Waals surface area contributed by atoms with Crippen LogP contribution in [0.4, 0.5) is 11.4 Å². The van der Waals surface area contributed by atoms with Crippen LogP contribution in [0.2, 0.25) is 10.1 Å². The predicted molar refractivity (Wildman–Crippen MR) is 556 cm³/mol. The zero-order valence-corrected chi connectivity index (χ0v) is 82.0. The van der Waals surface area contributed by atoms with Gasteiger partial charge in [-0.2, -0.15) is 0 Å². The zero-order chi connectivity index (χ0) is 92.3. The number of carbonyl (C=O) groups is 2. The molecule has 14 aromatic rings. The molecule has 0 saturated carbocycles. The first-order valence-electron chi connectivity index (χ1n) is 46.4. The number of phenolic OH excluding ortho intramolecular Hbond substituents is 2. The molecule has 0 aliphatic rings. The quantitative estimate of drug-likeness (QED) is 0.0218. The Bertz CT molecular complexity index is 5520. The molecule has 2 aromatic heterocycles. The molecular weight excluding hydrogens is 1700 g/mol. The minimum absolute atomic E-state index is 0. The van der Waals surface area contributed by atoms with Crippen molar-refractivity contribution in [2.24, 2.45) is 0 Å². The largest absolute Gasteiger partial charge is 1.00 e. The number of quaternary nitrogens is 1. The topological polar surface area (TPSA) is 118 Å². The van der Waals surface area contributed by atoms with E-state index in [0.29, 0.717) is 49.1 Å². The Morgan fingerprint density at radius 2 is 0.598 bits per heavy atom. The van der Waals surface area contributed by atoms with Gasteiger partial charge in [0.2, 0.25) is 0 Å². The van der Waals surface area contributed by atoms with Crippen LogP contribution in [0.15, 0.2) is 340 Å². The third kappa shape index (κ3) is 27.8. The lowest BCUT2D eigenvalue weighted by Crippen LogP contribution is -3.00. The number of hydrogen-bond donors (Lipinski definition) is 2. The van der Waals surface area contributed by atoms with E-state index in [9.17, 15) is 19.8 Å². The molecule has 0 unspecified atom stereocenters. The van der Waals surface area contributed by atoms with E-state index in [-0.39, 0.29) is 26.3 Å². The Morgan fingerprint density at radius 1 is 0.326 bits per heavy atom. The highest BCUT2D eigenvalue weighted by Crippen LogP contribution is 2.41. The van der Waals surface area contributed by atoms with Crippen molar-refractivity contribution >= 4 is 108 Å². The number of halogens is 1. The average Bonchev–Trinajstić information content (AvgIpc) is 0.747. The zero-order valence-electron chi connectivity index (χ0n) is 78.4. The lowest BCUT2D eigenvalue weighted by Gasteiger charge is -2.43. The summed E-state index contributed by atoms with van der Waals surface area (Å²) in [5.74, 6) is 3.67. The molecule has 0 bridgehead atoms. The molecule has 12 aromatic carbocycles. The summed E-state index contributed by atoms with van der Waals surface area (Å²) in [6.45, 7) is 32.2. The fourth-order valence-electron chi connectivity index (χ4n) is 17.0. The van der Waals surface area contributed by atoms with Crippen LogP contribution in [0.3, 0.4) is 0 Å². The first-order valence-corrected chi connectivity index (χ1v) is 51.9. The Labute approximate surface area is 794 Å². The summed E-state index contributed by atoms with van der Waals surface area (Å²) >= 11 is 2.91. The summed E-state index contributed by atoms with van der Waals surface area (Å²) in [5, 5.41) is 24.1. The summed E-state index contributed by atoms with van der Waals surface area (Å²) in [7, 11) is -5.68. The van der Waals surface area contributed by atoms with Crippen LogP contribution in [0.1, 0.15) is 194 Å². The molecule has 0 amide bonds. The van der Waals surface area contributed by atoms with Gasteiger partial charge in [-0.25, -0.2) is 0 Å². The number of hydrogen-bond acceptors (Lipinski definition) is 12. The number of unbranched alkanes of at least 4 members (excludes halogenated alkanes) is 4. The molecule has 2 N–H and O–H groups in total. The predicted octanol–water partition coefficient (Wildman–Crippen LogP) is 24.3. The van der Waals surface area contributed by atoms with Crippen LogP contribution >= 0.6 is 22.7 Å². The maximum atomic E-state index is 11.5. The van der Waals surface area contributed by atoms with Gasteiger partial charge in [-0.1, -0.05) is 325 Å². The van der Waals surface area contributed by atoms with Gasteiger partial charge in [-0.15, -0.1) is 22.7 Å². The molecule has 0 fully saturated rings. The fraction of sp³-hybridized carbons (Fsp3) is 0.259. The van der Waals surface area contributed by atoms with E-state index in [0.717, 1.165) is 101 Å². The first-order chi connectivity index (χ1) is 63.6. The lowest BCUT2D eigenvalue weighted by atomic mass is 10.1. The SMILES string of the molecule is CC(C)(C)[Si](Oc1ccc(CN(Cc2ccc(O[Si](c3ccccc3)(c3ccccc3)C(C)(C)C)cc2)c2ccc(/C=C/c3ccc(C=O)s3)c(OCc3ccccc3)c2)cc1)(c1ccccc1)c1ccccc1.CCCC[N+](CCCC)(CCCC)CCCC.O=Cc1ccc(/C=C/c2ccc(N(Cc3ccc(O)cc3)Cc3ccc(O)cc3)cc2OCc2ccccc2)s1.[F-]. The van der Waals surface area contributed by atoms with E-state index in [1.54, 1.807) is 24.3 Å². The highest BCUT2D eigenvalue weighted by atomic mass is 32.1. The molecule has 132 heavy (non-hydrogen) atoms. The molecule has 0 radical (unpaired) electrons. The second kappa shape index (κ2) is 49.7. The van der Waals surface area contributed by atoms with Crippen LogP contribution in [0, 0.1) is 0 Å². The van der Waals surface area contributed by atoms with E-state index in [1.807, 2.05) is 121 Å². The number of aldehydes is 2. The van der Waals surface area contributed by atoms with Gasteiger partial charge in [0.05, 0.1) is 35.9 Å². The van der Waals surface area contributed by atoms with Gasteiger partial charge in [-0.3, -0.25) is 9.59 Å². The molecule has 2 heterocycles. The summed E-state index contributed by atoms with van der Waals surface area (Å²) in [5.41, 5.74) is 10.4. The second-order valence-corrected chi connectivity index (χ2v) is 46.6. The van der Waals surface area contributed by atoms with Crippen LogP contribution in [-0.4, -0.2) is 70.1 Å². The van der Waals surface area contributed by atoms with Crippen molar-refractivity contribution in [3.63, 3.8) is 0 Å². The Morgan fingerprint density at radius 3 is 0.864 bits per heavy atom. The van der Waals surface area contributed by atoms with E-state index in [4.69, 9.17) is 18.3 Å². The number of rotatable bonds is 42. The minimum atomic E-state index is -2.84. The minimum Gasteiger partial charge on any atom is -1.00 e. The van der Waals surface area contributed by atoms with Crippen molar-refractivity contribution in [1.29, 1.82) is 0 Å². The number of carbonyl (C=O) groups excluding carboxylic acids is 2. The van der Waals surface area contributed by atoms with Crippen LogP contribution in [0.5, 0.6) is 34.5 Å². The molecule has 11 nitrogen and oxygen atoms in total. The van der Waals surface area contributed by atoms with Gasteiger partial charge in [-0.05, 0) is 211 Å².